The van der Waals surface area contributed by atoms with Gasteiger partial charge in [-0.2, -0.15) is 0 Å². The second-order valence-electron chi connectivity index (χ2n) is 6.03. The number of hydrogen-bond donors (Lipinski definition) is 2. The zero-order valence-corrected chi connectivity index (χ0v) is 12.4. The number of rotatable bonds is 3. The van der Waals surface area contributed by atoms with E-state index in [2.05, 4.69) is 4.98 Å². The number of para-hydroxylation sites is 1. The van der Waals surface area contributed by atoms with Gasteiger partial charge in [0, 0.05) is 30.0 Å². The van der Waals surface area contributed by atoms with Gasteiger partial charge in [0.1, 0.15) is 5.69 Å². The number of H-pyrrole nitrogens is 1. The molecule has 0 radical (unpaired) electrons. The van der Waals surface area contributed by atoms with Gasteiger partial charge in [0.05, 0.1) is 6.10 Å². The van der Waals surface area contributed by atoms with Crippen LogP contribution < -0.4 is 0 Å². The van der Waals surface area contributed by atoms with Crippen LogP contribution in [-0.2, 0) is 0 Å². The SMILES string of the molecule is CN(C)CC1CC(O)CN1C(=O)c1cc2ccccc2[nH]1. The molecule has 0 saturated carbocycles. The molecule has 112 valence electrons. The van der Waals surface area contributed by atoms with Gasteiger partial charge in [-0.15, -0.1) is 0 Å². The predicted molar refractivity (Wildman–Crippen MR) is 82.3 cm³/mol. The highest BCUT2D eigenvalue weighted by Crippen LogP contribution is 2.23. The van der Waals surface area contributed by atoms with E-state index in [9.17, 15) is 9.90 Å². The normalized spacial score (nSPS) is 22.4. The summed E-state index contributed by atoms with van der Waals surface area (Å²) in [6.07, 6.45) is 0.215. The Hall–Kier alpha value is -1.85. The van der Waals surface area contributed by atoms with Crippen LogP contribution in [0.25, 0.3) is 10.9 Å². The number of benzene rings is 1. The Balaban J connectivity index is 1.85. The van der Waals surface area contributed by atoms with Crippen LogP contribution in [0.2, 0.25) is 0 Å². The standard InChI is InChI=1S/C16H21N3O2/c1-18(2)9-12-8-13(20)10-19(12)16(21)15-7-11-5-3-4-6-14(11)17-15/h3-7,12-13,17,20H,8-10H2,1-2H3. The van der Waals surface area contributed by atoms with Crippen LogP contribution in [0.5, 0.6) is 0 Å². The lowest BCUT2D eigenvalue weighted by Crippen LogP contribution is -2.41. The van der Waals surface area contributed by atoms with Crippen molar-refractivity contribution in [3.8, 4) is 0 Å². The highest BCUT2D eigenvalue weighted by molar-refractivity contribution is 5.98. The van der Waals surface area contributed by atoms with Gasteiger partial charge in [-0.3, -0.25) is 4.79 Å². The summed E-state index contributed by atoms with van der Waals surface area (Å²) in [6.45, 7) is 1.18. The van der Waals surface area contributed by atoms with Crippen LogP contribution in [0.4, 0.5) is 0 Å². The number of aromatic amines is 1. The highest BCUT2D eigenvalue weighted by Gasteiger charge is 2.35. The zero-order valence-electron chi connectivity index (χ0n) is 12.4. The first-order valence-electron chi connectivity index (χ1n) is 7.26. The summed E-state index contributed by atoms with van der Waals surface area (Å²) in [7, 11) is 3.96. The van der Waals surface area contributed by atoms with E-state index in [0.29, 0.717) is 18.7 Å². The molecule has 2 unspecified atom stereocenters. The summed E-state index contributed by atoms with van der Waals surface area (Å²) in [4.78, 5) is 19.7. The second-order valence-corrected chi connectivity index (χ2v) is 6.03. The first-order chi connectivity index (χ1) is 10.0. The van der Waals surface area contributed by atoms with Crippen LogP contribution in [0.3, 0.4) is 0 Å². The number of carbonyl (C=O) groups excluding carboxylic acids is 1. The molecule has 3 rings (SSSR count). The molecule has 1 fully saturated rings. The molecule has 2 atom stereocenters. The zero-order chi connectivity index (χ0) is 15.0. The third-order valence-electron chi connectivity index (χ3n) is 3.99. The monoisotopic (exact) mass is 287 g/mol. The largest absolute Gasteiger partial charge is 0.391 e. The van der Waals surface area contributed by atoms with E-state index in [1.54, 1.807) is 4.90 Å². The summed E-state index contributed by atoms with van der Waals surface area (Å²) >= 11 is 0. The third kappa shape index (κ3) is 2.80. The average molecular weight is 287 g/mol. The smallest absolute Gasteiger partial charge is 0.270 e. The van der Waals surface area contributed by atoms with E-state index in [0.717, 1.165) is 17.4 Å². The van der Waals surface area contributed by atoms with Crippen LogP contribution in [-0.4, -0.2) is 65.1 Å². The van der Waals surface area contributed by atoms with Crippen molar-refractivity contribution >= 4 is 16.8 Å². The van der Waals surface area contributed by atoms with E-state index in [1.165, 1.54) is 0 Å². The number of aliphatic hydroxyl groups excluding tert-OH is 1. The number of likely N-dealkylation sites (N-methyl/N-ethyl adjacent to an activating group) is 1. The van der Waals surface area contributed by atoms with Gasteiger partial charge in [0.25, 0.3) is 5.91 Å². The van der Waals surface area contributed by atoms with Gasteiger partial charge < -0.3 is 19.9 Å². The van der Waals surface area contributed by atoms with Crippen molar-refractivity contribution in [2.24, 2.45) is 0 Å². The maximum atomic E-state index is 12.7. The van der Waals surface area contributed by atoms with E-state index in [1.807, 2.05) is 49.3 Å². The van der Waals surface area contributed by atoms with Crippen molar-refractivity contribution in [3.05, 3.63) is 36.0 Å². The fourth-order valence-electron chi connectivity index (χ4n) is 3.08. The average Bonchev–Trinajstić information content (AvgIpc) is 3.00. The van der Waals surface area contributed by atoms with Gasteiger partial charge in [0.15, 0.2) is 0 Å². The Morgan fingerprint density at radius 2 is 2.19 bits per heavy atom. The topological polar surface area (TPSA) is 59.6 Å². The summed E-state index contributed by atoms with van der Waals surface area (Å²) in [5.41, 5.74) is 1.55. The Kier molecular flexibility index (Phi) is 3.69. The lowest BCUT2D eigenvalue weighted by Gasteiger charge is -2.26. The third-order valence-corrected chi connectivity index (χ3v) is 3.99. The molecule has 1 aliphatic rings. The van der Waals surface area contributed by atoms with Gasteiger partial charge >= 0.3 is 0 Å². The molecular formula is C16H21N3O2. The van der Waals surface area contributed by atoms with E-state index in [4.69, 9.17) is 0 Å². The maximum absolute atomic E-state index is 12.7. The van der Waals surface area contributed by atoms with Crippen LogP contribution in [0.1, 0.15) is 16.9 Å². The summed E-state index contributed by atoms with van der Waals surface area (Å²) in [5.74, 6) is -0.0328. The minimum Gasteiger partial charge on any atom is -0.391 e. The van der Waals surface area contributed by atoms with Crippen molar-refractivity contribution in [3.63, 3.8) is 0 Å². The van der Waals surface area contributed by atoms with Crippen molar-refractivity contribution < 1.29 is 9.90 Å². The summed E-state index contributed by atoms with van der Waals surface area (Å²) in [5, 5.41) is 10.9. The number of fused-ring (bicyclic) bond motifs is 1. The molecule has 5 nitrogen and oxygen atoms in total. The Morgan fingerprint density at radius 1 is 1.43 bits per heavy atom. The summed E-state index contributed by atoms with van der Waals surface area (Å²) in [6, 6.07) is 9.80. The number of hydrogen-bond acceptors (Lipinski definition) is 3. The van der Waals surface area contributed by atoms with Crippen molar-refractivity contribution in [1.29, 1.82) is 0 Å². The molecule has 1 aliphatic heterocycles. The lowest BCUT2D eigenvalue weighted by atomic mass is 10.2. The minimum absolute atomic E-state index is 0.0328. The van der Waals surface area contributed by atoms with E-state index < -0.39 is 6.10 Å². The van der Waals surface area contributed by atoms with Gasteiger partial charge in [-0.1, -0.05) is 18.2 Å². The van der Waals surface area contributed by atoms with Crippen LogP contribution in [0, 0.1) is 0 Å². The minimum atomic E-state index is -0.428. The molecule has 1 saturated heterocycles. The first kappa shape index (κ1) is 14.1. The van der Waals surface area contributed by atoms with Crippen LogP contribution in [0.15, 0.2) is 30.3 Å². The molecule has 1 aromatic heterocycles. The van der Waals surface area contributed by atoms with Crippen molar-refractivity contribution in [2.75, 3.05) is 27.2 Å². The number of nitrogens with zero attached hydrogens (tertiary/aromatic N) is 2. The van der Waals surface area contributed by atoms with Crippen LogP contribution >= 0.6 is 0 Å². The molecular weight excluding hydrogens is 266 g/mol. The number of likely N-dealkylation sites (tertiary alicyclic amines) is 1. The number of aromatic nitrogens is 1. The Labute approximate surface area is 124 Å². The number of carbonyl (C=O) groups is 1. The Morgan fingerprint density at radius 3 is 2.90 bits per heavy atom. The molecule has 1 aromatic carbocycles. The molecule has 2 aromatic rings. The maximum Gasteiger partial charge on any atom is 0.270 e. The van der Waals surface area contributed by atoms with Gasteiger partial charge in [-0.05, 0) is 32.6 Å². The summed E-state index contributed by atoms with van der Waals surface area (Å²) < 4.78 is 0. The Bertz CT molecular complexity index is 617. The molecule has 0 spiro atoms. The number of amides is 1. The molecule has 5 heteroatoms. The quantitative estimate of drug-likeness (QED) is 0.894. The highest BCUT2D eigenvalue weighted by atomic mass is 16.3. The van der Waals surface area contributed by atoms with Crippen molar-refractivity contribution in [2.45, 2.75) is 18.6 Å². The predicted octanol–water partition coefficient (Wildman–Crippen LogP) is 1.30. The molecule has 1 amide bonds. The molecule has 2 N–H and O–H groups in total. The fraction of sp³-hybridized carbons (Fsp3) is 0.438. The molecule has 21 heavy (non-hydrogen) atoms. The number of nitrogens with one attached hydrogen (secondary N) is 1. The fourth-order valence-corrected chi connectivity index (χ4v) is 3.08. The molecule has 2 heterocycles. The lowest BCUT2D eigenvalue weighted by molar-refractivity contribution is 0.0694. The van der Waals surface area contributed by atoms with Gasteiger partial charge in [0.2, 0.25) is 0 Å². The number of aliphatic hydroxyl groups is 1. The number of β-amino-alcohol motifs (C(OH)–C–C–N with tert-alkyl or cyclic N) is 1. The van der Waals surface area contributed by atoms with E-state index >= 15 is 0 Å². The first-order valence-corrected chi connectivity index (χ1v) is 7.26. The van der Waals surface area contributed by atoms with E-state index in [-0.39, 0.29) is 11.9 Å². The molecule has 0 aliphatic carbocycles. The molecule has 0 bridgehead atoms. The second kappa shape index (κ2) is 5.50. The van der Waals surface area contributed by atoms with Crippen molar-refractivity contribution in [1.82, 2.24) is 14.8 Å². The van der Waals surface area contributed by atoms with Gasteiger partial charge in [-0.25, -0.2) is 0 Å².